The van der Waals surface area contributed by atoms with Gasteiger partial charge >= 0.3 is 0 Å². The maximum atomic E-state index is 6.11. The van der Waals surface area contributed by atoms with Crippen molar-refractivity contribution in [3.63, 3.8) is 0 Å². The maximum absolute atomic E-state index is 6.11. The Bertz CT molecular complexity index is 1050. The first-order valence-corrected chi connectivity index (χ1v) is 10.2. The summed E-state index contributed by atoms with van der Waals surface area (Å²) in [6.07, 6.45) is 14.6. The smallest absolute Gasteiger partial charge is 0.202 e. The highest BCUT2D eigenvalue weighted by Gasteiger charge is 2.21. The molecule has 154 valence electrons. The van der Waals surface area contributed by atoms with Gasteiger partial charge in [0.1, 0.15) is 0 Å². The van der Waals surface area contributed by atoms with E-state index in [0.717, 1.165) is 46.3 Å². The van der Waals surface area contributed by atoms with Crippen LogP contribution in [0.3, 0.4) is 0 Å². The predicted molar refractivity (Wildman–Crippen MR) is 127 cm³/mol. The average molecular weight is 400 g/mol. The Balaban J connectivity index is 1.79. The van der Waals surface area contributed by atoms with E-state index in [2.05, 4.69) is 42.0 Å². The van der Waals surface area contributed by atoms with Crippen molar-refractivity contribution in [3.8, 4) is 11.3 Å². The minimum atomic E-state index is 0.0726. The van der Waals surface area contributed by atoms with Crippen molar-refractivity contribution < 1.29 is 4.42 Å². The SMILES string of the molecule is C=C/C=C\C(=C/C)C(C)=NC1=C(C)C=CC(c2ncc(-c3ccc(NC)cc3)o2)C1. The van der Waals surface area contributed by atoms with Gasteiger partial charge in [-0.1, -0.05) is 43.0 Å². The second-order valence-corrected chi connectivity index (χ2v) is 7.23. The summed E-state index contributed by atoms with van der Waals surface area (Å²) in [5, 5.41) is 3.12. The van der Waals surface area contributed by atoms with Crippen LogP contribution in [0.25, 0.3) is 11.3 Å². The molecule has 0 saturated heterocycles. The third-order valence-corrected chi connectivity index (χ3v) is 5.19. The molecule has 4 heteroatoms. The lowest BCUT2D eigenvalue weighted by Gasteiger charge is -2.17. The summed E-state index contributed by atoms with van der Waals surface area (Å²) in [6, 6.07) is 8.12. The Morgan fingerprint density at radius 3 is 2.73 bits per heavy atom. The lowest BCUT2D eigenvalue weighted by atomic mass is 9.94. The van der Waals surface area contributed by atoms with E-state index in [1.165, 1.54) is 5.57 Å². The van der Waals surface area contributed by atoms with E-state index < -0.39 is 0 Å². The zero-order chi connectivity index (χ0) is 21.5. The molecular weight excluding hydrogens is 370 g/mol. The molecule has 0 radical (unpaired) electrons. The molecule has 1 atom stereocenters. The summed E-state index contributed by atoms with van der Waals surface area (Å²) < 4.78 is 6.11. The molecule has 1 aliphatic rings. The largest absolute Gasteiger partial charge is 0.440 e. The highest BCUT2D eigenvalue weighted by Crippen LogP contribution is 2.34. The van der Waals surface area contributed by atoms with Gasteiger partial charge in [-0.3, -0.25) is 4.99 Å². The quantitative estimate of drug-likeness (QED) is 0.409. The summed E-state index contributed by atoms with van der Waals surface area (Å²) >= 11 is 0. The van der Waals surface area contributed by atoms with Gasteiger partial charge in [-0.2, -0.15) is 0 Å². The number of hydrogen-bond acceptors (Lipinski definition) is 4. The number of aliphatic imine (C=N–C) groups is 1. The lowest BCUT2D eigenvalue weighted by Crippen LogP contribution is -2.05. The van der Waals surface area contributed by atoms with E-state index in [0.29, 0.717) is 0 Å². The first-order valence-electron chi connectivity index (χ1n) is 10.2. The number of nitrogens with zero attached hydrogens (tertiary/aromatic N) is 2. The van der Waals surface area contributed by atoms with Crippen LogP contribution in [-0.2, 0) is 0 Å². The minimum absolute atomic E-state index is 0.0726. The van der Waals surface area contributed by atoms with E-state index in [1.807, 2.05) is 57.3 Å². The molecule has 1 unspecified atom stereocenters. The number of nitrogens with one attached hydrogen (secondary N) is 1. The van der Waals surface area contributed by atoms with E-state index >= 15 is 0 Å². The molecule has 30 heavy (non-hydrogen) atoms. The van der Waals surface area contributed by atoms with Crippen LogP contribution >= 0.6 is 0 Å². The van der Waals surface area contributed by atoms with Gasteiger partial charge in [0, 0.05) is 36.1 Å². The fourth-order valence-corrected chi connectivity index (χ4v) is 3.36. The Labute approximate surface area is 179 Å². The Morgan fingerprint density at radius 2 is 2.07 bits per heavy atom. The number of hydrogen-bond donors (Lipinski definition) is 1. The lowest BCUT2D eigenvalue weighted by molar-refractivity contribution is 0.480. The van der Waals surface area contributed by atoms with Crippen molar-refractivity contribution >= 4 is 11.4 Å². The Kier molecular flexibility index (Phi) is 7.02. The van der Waals surface area contributed by atoms with Gasteiger partial charge in [-0.05, 0) is 56.2 Å². The summed E-state index contributed by atoms with van der Waals surface area (Å²) in [4.78, 5) is 9.47. The molecule has 0 saturated carbocycles. The van der Waals surface area contributed by atoms with Gasteiger partial charge in [0.05, 0.1) is 12.1 Å². The summed E-state index contributed by atoms with van der Waals surface area (Å²) in [7, 11) is 1.91. The first-order chi connectivity index (χ1) is 14.5. The fourth-order valence-electron chi connectivity index (χ4n) is 3.36. The molecule has 0 fully saturated rings. The summed E-state index contributed by atoms with van der Waals surface area (Å²) in [5.74, 6) is 1.57. The molecule has 0 amide bonds. The Hall–Kier alpha value is -3.40. The highest BCUT2D eigenvalue weighted by molar-refractivity contribution is 6.01. The molecule has 1 aliphatic carbocycles. The Morgan fingerprint density at radius 1 is 1.30 bits per heavy atom. The van der Waals surface area contributed by atoms with Gasteiger partial charge in [-0.15, -0.1) is 0 Å². The number of rotatable bonds is 7. The number of aromatic nitrogens is 1. The molecule has 0 bridgehead atoms. The summed E-state index contributed by atoms with van der Waals surface area (Å²) in [5.41, 5.74) is 6.38. The fraction of sp³-hybridized carbons (Fsp3) is 0.231. The van der Waals surface area contributed by atoms with Crippen LogP contribution in [0.2, 0.25) is 0 Å². The molecule has 1 N–H and O–H groups in total. The van der Waals surface area contributed by atoms with Gasteiger partial charge in [0.25, 0.3) is 0 Å². The van der Waals surface area contributed by atoms with E-state index in [4.69, 9.17) is 9.41 Å². The molecule has 2 aromatic rings. The van der Waals surface area contributed by atoms with Gasteiger partial charge in [-0.25, -0.2) is 4.98 Å². The third-order valence-electron chi connectivity index (χ3n) is 5.19. The normalized spacial score (nSPS) is 17.7. The second kappa shape index (κ2) is 9.88. The van der Waals surface area contributed by atoms with Gasteiger partial charge in [0.2, 0.25) is 5.89 Å². The minimum Gasteiger partial charge on any atom is -0.440 e. The molecule has 3 rings (SSSR count). The maximum Gasteiger partial charge on any atom is 0.202 e. The molecular formula is C26H29N3O. The van der Waals surface area contributed by atoms with Crippen LogP contribution in [0.1, 0.15) is 39.0 Å². The number of allylic oxidation sites excluding steroid dienone is 9. The monoisotopic (exact) mass is 399 g/mol. The van der Waals surface area contributed by atoms with Crippen molar-refractivity contribution in [2.24, 2.45) is 4.99 Å². The average Bonchev–Trinajstić information content (AvgIpc) is 3.26. The van der Waals surface area contributed by atoms with Crippen LogP contribution in [0.5, 0.6) is 0 Å². The van der Waals surface area contributed by atoms with E-state index in [1.54, 1.807) is 12.3 Å². The zero-order valence-corrected chi connectivity index (χ0v) is 18.1. The van der Waals surface area contributed by atoms with Crippen molar-refractivity contribution in [1.82, 2.24) is 4.98 Å². The first kappa shape index (κ1) is 21.3. The third kappa shape index (κ3) is 4.95. The van der Waals surface area contributed by atoms with Crippen molar-refractivity contribution in [3.05, 3.63) is 96.2 Å². The highest BCUT2D eigenvalue weighted by atomic mass is 16.4. The molecule has 0 spiro atoms. The van der Waals surface area contributed by atoms with E-state index in [9.17, 15) is 0 Å². The topological polar surface area (TPSA) is 50.4 Å². The van der Waals surface area contributed by atoms with Crippen LogP contribution in [0.4, 0.5) is 5.69 Å². The van der Waals surface area contributed by atoms with Gasteiger partial charge < -0.3 is 9.73 Å². The predicted octanol–water partition coefficient (Wildman–Crippen LogP) is 6.85. The summed E-state index contributed by atoms with van der Waals surface area (Å²) in [6.45, 7) is 9.89. The van der Waals surface area contributed by atoms with Crippen molar-refractivity contribution in [2.75, 3.05) is 12.4 Å². The van der Waals surface area contributed by atoms with E-state index in [-0.39, 0.29) is 5.92 Å². The standard InChI is InChI=1S/C26H29N3O/c1-6-8-9-20(7-2)19(4)29-24-16-22(11-10-18(24)3)26-28-17-25(30-26)21-12-14-23(27-5)15-13-21/h6-15,17,22,27H,1,16H2,2-5H3/b9-8-,20-7+,29-19?. The number of benzene rings is 1. The second-order valence-electron chi connectivity index (χ2n) is 7.23. The number of oxazole rings is 1. The van der Waals surface area contributed by atoms with Crippen molar-refractivity contribution in [2.45, 2.75) is 33.1 Å². The molecule has 4 nitrogen and oxygen atoms in total. The van der Waals surface area contributed by atoms with Crippen LogP contribution in [-0.4, -0.2) is 17.7 Å². The molecule has 1 aromatic heterocycles. The van der Waals surface area contributed by atoms with Crippen LogP contribution < -0.4 is 5.32 Å². The molecule has 1 aromatic carbocycles. The van der Waals surface area contributed by atoms with Crippen molar-refractivity contribution in [1.29, 1.82) is 0 Å². The van der Waals surface area contributed by atoms with Crippen LogP contribution in [0.15, 0.2) is 99.8 Å². The van der Waals surface area contributed by atoms with Gasteiger partial charge in [0.15, 0.2) is 5.76 Å². The molecule has 1 heterocycles. The van der Waals surface area contributed by atoms with Crippen LogP contribution in [0, 0.1) is 0 Å². The molecule has 0 aliphatic heterocycles. The number of anilines is 1. The zero-order valence-electron chi connectivity index (χ0n) is 18.1.